The second-order valence-electron chi connectivity index (χ2n) is 10.8. The van der Waals surface area contributed by atoms with Crippen molar-refractivity contribution in [2.45, 2.75) is 162 Å². The van der Waals surface area contributed by atoms with Crippen molar-refractivity contribution in [2.75, 3.05) is 0 Å². The summed E-state index contributed by atoms with van der Waals surface area (Å²) in [5, 5.41) is 20.2. The van der Waals surface area contributed by atoms with Crippen LogP contribution in [0, 0.1) is 10.8 Å². The predicted octanol–water partition coefficient (Wildman–Crippen LogP) is 9.15. The number of carboxylic acids is 2. The van der Waals surface area contributed by atoms with E-state index in [9.17, 15) is 19.8 Å². The van der Waals surface area contributed by atoms with Gasteiger partial charge in [-0.05, 0) is 25.7 Å². The molecule has 1 rings (SSSR count). The summed E-state index contributed by atoms with van der Waals surface area (Å²) < 4.78 is 0. The van der Waals surface area contributed by atoms with Crippen molar-refractivity contribution in [1.82, 2.24) is 0 Å². The van der Waals surface area contributed by atoms with Gasteiger partial charge in [-0.25, -0.2) is 0 Å². The Bertz CT molecular complexity index is 528. The highest BCUT2D eigenvalue weighted by atomic mass is 16.4. The first kappa shape index (κ1) is 30.0. The first-order chi connectivity index (χ1) is 16.0. The maximum absolute atomic E-state index is 12.4. The molecule has 0 heterocycles. The average Bonchev–Trinajstić information content (AvgIpc) is 2.79. The Balaban J connectivity index is 2.20. The van der Waals surface area contributed by atoms with Gasteiger partial charge in [-0.2, -0.15) is 0 Å². The molecule has 0 saturated heterocycles. The summed E-state index contributed by atoms with van der Waals surface area (Å²) >= 11 is 0. The smallest absolute Gasteiger partial charge is 0.310 e. The Hall–Kier alpha value is -1.06. The Morgan fingerprint density at radius 1 is 0.515 bits per heavy atom. The summed E-state index contributed by atoms with van der Waals surface area (Å²) in [6, 6.07) is 0. The van der Waals surface area contributed by atoms with Crippen molar-refractivity contribution in [2.24, 2.45) is 10.8 Å². The molecule has 0 aromatic carbocycles. The molecule has 2 unspecified atom stereocenters. The summed E-state index contributed by atoms with van der Waals surface area (Å²) in [6.45, 7) is 4.24. The molecule has 4 heteroatoms. The van der Waals surface area contributed by atoms with Gasteiger partial charge >= 0.3 is 11.9 Å². The number of hydrogen-bond acceptors (Lipinski definition) is 2. The highest BCUT2D eigenvalue weighted by Gasteiger charge is 2.60. The van der Waals surface area contributed by atoms with Gasteiger partial charge in [0.1, 0.15) is 0 Å². The maximum Gasteiger partial charge on any atom is 0.310 e. The van der Waals surface area contributed by atoms with Gasteiger partial charge in [-0.1, -0.05) is 136 Å². The van der Waals surface area contributed by atoms with Crippen molar-refractivity contribution in [3.8, 4) is 0 Å². The van der Waals surface area contributed by atoms with Crippen LogP contribution in [0.15, 0.2) is 0 Å². The van der Waals surface area contributed by atoms with Gasteiger partial charge in [0.15, 0.2) is 0 Å². The van der Waals surface area contributed by atoms with Gasteiger partial charge in [-0.3, -0.25) is 9.59 Å². The minimum atomic E-state index is -1.08. The van der Waals surface area contributed by atoms with Crippen LogP contribution < -0.4 is 0 Å². The standard InChI is InChI=1S/C29H54O4/c1-3-5-6-7-8-9-10-11-12-13-14-15-16-17-18-19-23-29(27(32)33)25-21-20-24-28(29,22-4-2)26(30)31/h3-25H2,1-2H3,(H,30,31)(H,32,33). The van der Waals surface area contributed by atoms with Gasteiger partial charge in [0.2, 0.25) is 0 Å². The average molecular weight is 467 g/mol. The van der Waals surface area contributed by atoms with E-state index in [4.69, 9.17) is 0 Å². The zero-order valence-corrected chi connectivity index (χ0v) is 22.0. The maximum atomic E-state index is 12.4. The van der Waals surface area contributed by atoms with Crippen molar-refractivity contribution in [3.63, 3.8) is 0 Å². The van der Waals surface area contributed by atoms with E-state index in [1.807, 2.05) is 6.92 Å². The summed E-state index contributed by atoms with van der Waals surface area (Å²) in [4.78, 5) is 24.7. The van der Waals surface area contributed by atoms with Crippen LogP contribution >= 0.6 is 0 Å². The monoisotopic (exact) mass is 466 g/mol. The molecule has 2 atom stereocenters. The number of aliphatic carboxylic acids is 2. The number of carboxylic acid groups (broad SMARTS) is 2. The summed E-state index contributed by atoms with van der Waals surface area (Å²) in [7, 11) is 0. The molecule has 1 fully saturated rings. The Morgan fingerprint density at radius 3 is 1.18 bits per heavy atom. The lowest BCUT2D eigenvalue weighted by molar-refractivity contribution is -0.182. The quantitative estimate of drug-likeness (QED) is 0.165. The fourth-order valence-electron chi connectivity index (χ4n) is 6.30. The molecule has 2 N–H and O–H groups in total. The van der Waals surface area contributed by atoms with Gasteiger partial charge in [0.25, 0.3) is 0 Å². The van der Waals surface area contributed by atoms with Crippen molar-refractivity contribution in [1.29, 1.82) is 0 Å². The van der Waals surface area contributed by atoms with E-state index >= 15 is 0 Å². The van der Waals surface area contributed by atoms with Crippen molar-refractivity contribution in [3.05, 3.63) is 0 Å². The second-order valence-corrected chi connectivity index (χ2v) is 10.8. The molecule has 0 aliphatic heterocycles. The summed E-state index contributed by atoms with van der Waals surface area (Å²) in [6.07, 6.45) is 25.1. The molecule has 1 aliphatic rings. The third-order valence-electron chi connectivity index (χ3n) is 8.33. The van der Waals surface area contributed by atoms with E-state index in [1.165, 1.54) is 83.5 Å². The lowest BCUT2D eigenvalue weighted by Crippen LogP contribution is -2.54. The van der Waals surface area contributed by atoms with Gasteiger partial charge in [0, 0.05) is 0 Å². The summed E-state index contributed by atoms with van der Waals surface area (Å²) in [5.41, 5.74) is -2.16. The normalized spacial score (nSPS) is 23.0. The SMILES string of the molecule is CCCCCCCCCCCCCCCCCCC1(C(=O)O)CCCCC1(CCC)C(=O)O. The van der Waals surface area contributed by atoms with Crippen LogP contribution in [0.3, 0.4) is 0 Å². The van der Waals surface area contributed by atoms with Gasteiger partial charge in [0.05, 0.1) is 10.8 Å². The van der Waals surface area contributed by atoms with E-state index in [-0.39, 0.29) is 0 Å². The van der Waals surface area contributed by atoms with E-state index in [0.717, 1.165) is 38.5 Å². The van der Waals surface area contributed by atoms with Crippen LogP contribution in [0.5, 0.6) is 0 Å². The van der Waals surface area contributed by atoms with Gasteiger partial charge in [-0.15, -0.1) is 0 Å². The number of carbonyl (C=O) groups is 2. The van der Waals surface area contributed by atoms with E-state index in [1.54, 1.807) is 0 Å². The topological polar surface area (TPSA) is 74.6 Å². The molecule has 4 nitrogen and oxygen atoms in total. The fourth-order valence-corrected chi connectivity index (χ4v) is 6.30. The van der Waals surface area contributed by atoms with Crippen LogP contribution in [-0.4, -0.2) is 22.2 Å². The summed E-state index contributed by atoms with van der Waals surface area (Å²) in [5.74, 6) is -1.76. The molecule has 0 aromatic rings. The highest BCUT2D eigenvalue weighted by molar-refractivity contribution is 5.87. The molecular formula is C29H54O4. The molecule has 1 saturated carbocycles. The third-order valence-corrected chi connectivity index (χ3v) is 8.33. The lowest BCUT2D eigenvalue weighted by Gasteiger charge is -2.48. The molecule has 0 radical (unpaired) electrons. The predicted molar refractivity (Wildman–Crippen MR) is 138 cm³/mol. The Kier molecular flexibility index (Phi) is 15.8. The first-order valence-electron chi connectivity index (χ1n) is 14.4. The zero-order valence-electron chi connectivity index (χ0n) is 22.0. The van der Waals surface area contributed by atoms with Crippen LogP contribution in [0.1, 0.15) is 162 Å². The minimum absolute atomic E-state index is 0.480. The van der Waals surface area contributed by atoms with E-state index < -0.39 is 22.8 Å². The number of unbranched alkanes of at least 4 members (excludes halogenated alkanes) is 15. The molecule has 1 aliphatic carbocycles. The third kappa shape index (κ3) is 9.61. The van der Waals surface area contributed by atoms with Gasteiger partial charge < -0.3 is 10.2 Å². The first-order valence-corrected chi connectivity index (χ1v) is 14.4. The Labute approximate surface area is 204 Å². The molecule has 0 bridgehead atoms. The molecule has 33 heavy (non-hydrogen) atoms. The van der Waals surface area contributed by atoms with Crippen LogP contribution in [0.2, 0.25) is 0 Å². The molecular weight excluding hydrogens is 412 g/mol. The highest BCUT2D eigenvalue weighted by Crippen LogP contribution is 2.56. The van der Waals surface area contributed by atoms with E-state index in [0.29, 0.717) is 25.7 Å². The zero-order chi connectivity index (χ0) is 24.4. The number of rotatable bonds is 21. The largest absolute Gasteiger partial charge is 0.481 e. The molecule has 0 amide bonds. The van der Waals surface area contributed by atoms with E-state index in [2.05, 4.69) is 6.92 Å². The Morgan fingerprint density at radius 2 is 0.848 bits per heavy atom. The van der Waals surface area contributed by atoms with Crippen LogP contribution in [0.25, 0.3) is 0 Å². The van der Waals surface area contributed by atoms with Crippen molar-refractivity contribution < 1.29 is 19.8 Å². The lowest BCUT2D eigenvalue weighted by atomic mass is 9.52. The van der Waals surface area contributed by atoms with Crippen molar-refractivity contribution >= 4 is 11.9 Å². The molecule has 194 valence electrons. The fraction of sp³-hybridized carbons (Fsp3) is 0.931. The minimum Gasteiger partial charge on any atom is -0.481 e. The number of hydrogen-bond donors (Lipinski definition) is 2. The van der Waals surface area contributed by atoms with Crippen LogP contribution in [-0.2, 0) is 9.59 Å². The second kappa shape index (κ2) is 17.4. The molecule has 0 aromatic heterocycles. The molecule has 0 spiro atoms. The van der Waals surface area contributed by atoms with Crippen LogP contribution in [0.4, 0.5) is 0 Å².